The van der Waals surface area contributed by atoms with Gasteiger partial charge >= 0.3 is 5.97 Å². The maximum absolute atomic E-state index is 11.8. The van der Waals surface area contributed by atoms with Gasteiger partial charge in [-0.05, 0) is 43.0 Å². The summed E-state index contributed by atoms with van der Waals surface area (Å²) in [5.41, 5.74) is 0.876. The summed E-state index contributed by atoms with van der Waals surface area (Å²) in [5, 5.41) is 14.3. The minimum Gasteiger partial charge on any atom is -0.508 e. The van der Waals surface area contributed by atoms with Gasteiger partial charge in [-0.1, -0.05) is 12.1 Å². The number of esters is 1. The number of rotatable bonds is 5. The summed E-state index contributed by atoms with van der Waals surface area (Å²) in [6, 6.07) is 8.19. The molecule has 1 unspecified atom stereocenters. The van der Waals surface area contributed by atoms with Crippen molar-refractivity contribution in [2.24, 2.45) is 0 Å². The van der Waals surface area contributed by atoms with Gasteiger partial charge in [-0.3, -0.25) is 4.79 Å². The summed E-state index contributed by atoms with van der Waals surface area (Å²) in [6.45, 7) is 3.23. The number of nitrogens with one attached hydrogen (secondary N) is 1. The van der Waals surface area contributed by atoms with Gasteiger partial charge in [0.05, 0.1) is 11.6 Å². The van der Waals surface area contributed by atoms with Crippen molar-refractivity contribution in [2.45, 2.75) is 19.9 Å². The molecule has 0 bridgehead atoms. The van der Waals surface area contributed by atoms with Crippen molar-refractivity contribution in [3.63, 3.8) is 0 Å². The van der Waals surface area contributed by atoms with E-state index in [1.165, 1.54) is 6.07 Å². The van der Waals surface area contributed by atoms with Gasteiger partial charge in [0.2, 0.25) is 0 Å². The standard InChI is InChI=1S/C16H17NO4S/c1-10-5-6-12(8-13(10)18)16(20)21-9-15(19)17-11(2)14-4-3-7-22-14/h3-8,11,18H,9H2,1-2H3,(H,17,19). The molecule has 0 radical (unpaired) electrons. The van der Waals surface area contributed by atoms with Crippen LogP contribution in [0.5, 0.6) is 5.75 Å². The van der Waals surface area contributed by atoms with Crippen LogP contribution in [0.4, 0.5) is 0 Å². The summed E-state index contributed by atoms with van der Waals surface area (Å²) in [5.74, 6) is -0.995. The first-order chi connectivity index (χ1) is 10.5. The molecule has 0 aliphatic heterocycles. The number of carbonyl (C=O) groups excluding carboxylic acids is 2. The molecule has 2 N–H and O–H groups in total. The Balaban J connectivity index is 1.85. The van der Waals surface area contributed by atoms with Crippen molar-refractivity contribution < 1.29 is 19.4 Å². The molecule has 0 aliphatic carbocycles. The fourth-order valence-electron chi connectivity index (χ4n) is 1.84. The van der Waals surface area contributed by atoms with Crippen LogP contribution in [-0.4, -0.2) is 23.6 Å². The number of phenolic OH excluding ortho intramolecular Hbond substituents is 1. The lowest BCUT2D eigenvalue weighted by Crippen LogP contribution is -2.30. The van der Waals surface area contributed by atoms with Crippen molar-refractivity contribution in [1.82, 2.24) is 5.32 Å². The molecule has 5 nitrogen and oxygen atoms in total. The maximum Gasteiger partial charge on any atom is 0.338 e. The van der Waals surface area contributed by atoms with Crippen LogP contribution >= 0.6 is 11.3 Å². The molecule has 6 heteroatoms. The Morgan fingerprint density at radius 2 is 2.14 bits per heavy atom. The van der Waals surface area contributed by atoms with Crippen LogP contribution in [-0.2, 0) is 9.53 Å². The summed E-state index contributed by atoms with van der Waals surface area (Å²) in [6.07, 6.45) is 0. The van der Waals surface area contributed by atoms with E-state index < -0.39 is 5.97 Å². The zero-order valence-corrected chi connectivity index (χ0v) is 13.1. The zero-order chi connectivity index (χ0) is 16.1. The molecule has 1 aromatic carbocycles. The molecular weight excluding hydrogens is 302 g/mol. The van der Waals surface area contributed by atoms with Gasteiger partial charge in [0, 0.05) is 4.88 Å². The van der Waals surface area contributed by atoms with Gasteiger partial charge in [-0.15, -0.1) is 11.3 Å². The van der Waals surface area contributed by atoms with E-state index in [4.69, 9.17) is 4.74 Å². The number of ether oxygens (including phenoxy) is 1. The highest BCUT2D eigenvalue weighted by molar-refractivity contribution is 7.10. The van der Waals surface area contributed by atoms with Gasteiger partial charge in [0.25, 0.3) is 5.91 Å². The number of aromatic hydroxyl groups is 1. The highest BCUT2D eigenvalue weighted by Gasteiger charge is 2.14. The smallest absolute Gasteiger partial charge is 0.338 e. The highest BCUT2D eigenvalue weighted by atomic mass is 32.1. The number of benzene rings is 1. The first kappa shape index (κ1) is 16.0. The van der Waals surface area contributed by atoms with Crippen molar-refractivity contribution in [2.75, 3.05) is 6.61 Å². The second-order valence-corrected chi connectivity index (χ2v) is 5.86. The van der Waals surface area contributed by atoms with Crippen LogP contribution in [0.1, 0.15) is 33.8 Å². The number of thiophene rings is 1. The molecule has 2 rings (SSSR count). The van der Waals surface area contributed by atoms with E-state index in [-0.39, 0.29) is 29.9 Å². The quantitative estimate of drug-likeness (QED) is 0.831. The molecule has 0 aliphatic rings. The first-order valence-electron chi connectivity index (χ1n) is 6.77. The largest absolute Gasteiger partial charge is 0.508 e. The highest BCUT2D eigenvalue weighted by Crippen LogP contribution is 2.19. The second-order valence-electron chi connectivity index (χ2n) is 4.88. The number of amides is 1. The Labute approximate surface area is 132 Å². The lowest BCUT2D eigenvalue weighted by atomic mass is 10.1. The van der Waals surface area contributed by atoms with E-state index in [1.54, 1.807) is 30.4 Å². The lowest BCUT2D eigenvalue weighted by molar-refractivity contribution is -0.124. The number of hydrogen-bond donors (Lipinski definition) is 2. The zero-order valence-electron chi connectivity index (χ0n) is 12.3. The van der Waals surface area contributed by atoms with Gasteiger partial charge in [-0.25, -0.2) is 4.79 Å². The van der Waals surface area contributed by atoms with Crippen molar-refractivity contribution >= 4 is 23.2 Å². The molecule has 116 valence electrons. The van der Waals surface area contributed by atoms with Crippen molar-refractivity contribution in [3.8, 4) is 5.75 Å². The summed E-state index contributed by atoms with van der Waals surface area (Å²) in [7, 11) is 0. The van der Waals surface area contributed by atoms with Gasteiger partial charge in [0.1, 0.15) is 5.75 Å². The Morgan fingerprint density at radius 1 is 1.36 bits per heavy atom. The minimum absolute atomic E-state index is 0.0187. The Hall–Kier alpha value is -2.34. The van der Waals surface area contributed by atoms with E-state index >= 15 is 0 Å². The van der Waals surface area contributed by atoms with Gasteiger partial charge in [0.15, 0.2) is 6.61 Å². The average Bonchev–Trinajstić information content (AvgIpc) is 3.02. The monoisotopic (exact) mass is 319 g/mol. The van der Waals surface area contributed by atoms with Crippen LogP contribution in [0.2, 0.25) is 0 Å². The molecule has 0 saturated carbocycles. The summed E-state index contributed by atoms with van der Waals surface area (Å²) < 4.78 is 4.94. The Morgan fingerprint density at radius 3 is 2.77 bits per heavy atom. The number of aryl methyl sites for hydroxylation is 1. The van der Waals surface area contributed by atoms with Crippen LogP contribution < -0.4 is 5.32 Å². The normalized spacial score (nSPS) is 11.7. The SMILES string of the molecule is Cc1ccc(C(=O)OCC(=O)NC(C)c2cccs2)cc1O. The van der Waals surface area contributed by atoms with Crippen molar-refractivity contribution in [3.05, 3.63) is 51.7 Å². The van der Waals surface area contributed by atoms with E-state index in [2.05, 4.69) is 5.32 Å². The predicted molar refractivity (Wildman–Crippen MR) is 84.0 cm³/mol. The third-order valence-electron chi connectivity index (χ3n) is 3.13. The van der Waals surface area contributed by atoms with E-state index in [9.17, 15) is 14.7 Å². The predicted octanol–water partition coefficient (Wildman–Crippen LogP) is 2.80. The maximum atomic E-state index is 11.8. The molecule has 1 heterocycles. The summed E-state index contributed by atoms with van der Waals surface area (Å²) >= 11 is 1.55. The molecule has 0 saturated heterocycles. The van der Waals surface area contributed by atoms with Crippen molar-refractivity contribution in [1.29, 1.82) is 0 Å². The minimum atomic E-state index is -0.644. The topological polar surface area (TPSA) is 75.6 Å². The molecule has 0 fully saturated rings. The third kappa shape index (κ3) is 4.08. The summed E-state index contributed by atoms with van der Waals surface area (Å²) in [4.78, 5) is 24.6. The fraction of sp³-hybridized carbons (Fsp3) is 0.250. The van der Waals surface area contributed by atoms with Gasteiger partial charge < -0.3 is 15.2 Å². The molecule has 1 aromatic heterocycles. The lowest BCUT2D eigenvalue weighted by Gasteiger charge is -2.12. The first-order valence-corrected chi connectivity index (χ1v) is 7.65. The number of carbonyl (C=O) groups is 2. The molecule has 22 heavy (non-hydrogen) atoms. The van der Waals surface area contributed by atoms with Gasteiger partial charge in [-0.2, -0.15) is 0 Å². The molecular formula is C16H17NO4S. The second kappa shape index (κ2) is 7.09. The van der Waals surface area contributed by atoms with E-state index in [0.29, 0.717) is 5.56 Å². The molecule has 1 amide bonds. The van der Waals surface area contributed by atoms with Crippen LogP contribution in [0.25, 0.3) is 0 Å². The Bertz CT molecular complexity index is 667. The van der Waals surface area contributed by atoms with Crippen LogP contribution in [0.3, 0.4) is 0 Å². The van der Waals surface area contributed by atoms with Crippen LogP contribution in [0.15, 0.2) is 35.7 Å². The molecule has 2 aromatic rings. The third-order valence-corrected chi connectivity index (χ3v) is 4.18. The fourth-order valence-corrected chi connectivity index (χ4v) is 2.58. The number of phenols is 1. The van der Waals surface area contributed by atoms with E-state index in [1.807, 2.05) is 24.4 Å². The van der Waals surface area contributed by atoms with E-state index in [0.717, 1.165) is 4.88 Å². The average molecular weight is 319 g/mol. The molecule has 0 spiro atoms. The molecule has 1 atom stereocenters. The number of hydrogen-bond acceptors (Lipinski definition) is 5. The van der Waals surface area contributed by atoms with Crippen LogP contribution in [0, 0.1) is 6.92 Å². The Kier molecular flexibility index (Phi) is 5.16.